The number of aryl methyl sites for hydroxylation is 1. The van der Waals surface area contributed by atoms with Gasteiger partial charge in [-0.2, -0.15) is 5.10 Å². The Balaban J connectivity index is 1.76. The maximum atomic E-state index is 12.2. The average Bonchev–Trinajstić information content (AvgIpc) is 3.01. The average molecular weight is 278 g/mol. The van der Waals surface area contributed by atoms with Crippen molar-refractivity contribution in [2.24, 2.45) is 0 Å². The van der Waals surface area contributed by atoms with Crippen LogP contribution in [0.1, 0.15) is 16.1 Å². The van der Waals surface area contributed by atoms with E-state index >= 15 is 0 Å². The minimum absolute atomic E-state index is 0.139. The summed E-state index contributed by atoms with van der Waals surface area (Å²) in [5, 5.41) is 9.53. The minimum atomic E-state index is -0.139. The Kier molecular flexibility index (Phi) is 3.47. The third-order valence-electron chi connectivity index (χ3n) is 3.13. The largest absolute Gasteiger partial charge is 0.322 e. The third kappa shape index (κ3) is 2.97. The van der Waals surface area contributed by atoms with E-state index in [2.05, 4.69) is 20.5 Å². The highest BCUT2D eigenvalue weighted by molar-refractivity contribution is 6.04. The van der Waals surface area contributed by atoms with E-state index in [-0.39, 0.29) is 5.91 Å². The summed E-state index contributed by atoms with van der Waals surface area (Å²) in [6.07, 6.45) is 5.23. The van der Waals surface area contributed by atoms with Crippen molar-refractivity contribution in [1.82, 2.24) is 15.2 Å². The van der Waals surface area contributed by atoms with Gasteiger partial charge in [-0.25, -0.2) is 0 Å². The van der Waals surface area contributed by atoms with Crippen LogP contribution in [-0.4, -0.2) is 21.1 Å². The summed E-state index contributed by atoms with van der Waals surface area (Å²) in [5.41, 5.74) is 4.22. The van der Waals surface area contributed by atoms with Gasteiger partial charge in [-0.3, -0.25) is 14.9 Å². The van der Waals surface area contributed by atoms with Gasteiger partial charge in [-0.05, 0) is 36.8 Å². The molecule has 2 N–H and O–H groups in total. The summed E-state index contributed by atoms with van der Waals surface area (Å²) in [6, 6.07) is 11.0. The lowest BCUT2D eigenvalue weighted by molar-refractivity contribution is 0.102. The van der Waals surface area contributed by atoms with E-state index in [1.54, 1.807) is 30.6 Å². The van der Waals surface area contributed by atoms with E-state index in [4.69, 9.17) is 0 Å². The molecule has 0 saturated heterocycles. The SMILES string of the molecule is Cc1cc(NC(=O)c2ccc(-c3cn[nH]c3)cc2)ccn1. The van der Waals surface area contributed by atoms with Crippen LogP contribution in [0.4, 0.5) is 5.69 Å². The molecule has 0 bridgehead atoms. The smallest absolute Gasteiger partial charge is 0.255 e. The molecule has 0 radical (unpaired) electrons. The highest BCUT2D eigenvalue weighted by atomic mass is 16.1. The van der Waals surface area contributed by atoms with Crippen LogP contribution in [0.25, 0.3) is 11.1 Å². The summed E-state index contributed by atoms with van der Waals surface area (Å²) >= 11 is 0. The zero-order chi connectivity index (χ0) is 14.7. The molecule has 0 aliphatic heterocycles. The van der Waals surface area contributed by atoms with E-state index in [1.807, 2.05) is 31.3 Å². The predicted octanol–water partition coefficient (Wildman–Crippen LogP) is 3.03. The minimum Gasteiger partial charge on any atom is -0.322 e. The van der Waals surface area contributed by atoms with Crippen LogP contribution < -0.4 is 5.32 Å². The van der Waals surface area contributed by atoms with Crippen LogP contribution in [0.2, 0.25) is 0 Å². The summed E-state index contributed by atoms with van der Waals surface area (Å²) in [4.78, 5) is 16.3. The third-order valence-corrected chi connectivity index (χ3v) is 3.13. The zero-order valence-electron chi connectivity index (χ0n) is 11.5. The molecule has 2 heterocycles. The first kappa shape index (κ1) is 13.1. The number of anilines is 1. The van der Waals surface area contributed by atoms with Crippen molar-refractivity contribution < 1.29 is 4.79 Å². The van der Waals surface area contributed by atoms with E-state index in [0.29, 0.717) is 5.56 Å². The van der Waals surface area contributed by atoms with Gasteiger partial charge in [-0.1, -0.05) is 12.1 Å². The van der Waals surface area contributed by atoms with E-state index in [0.717, 1.165) is 22.5 Å². The fourth-order valence-electron chi connectivity index (χ4n) is 2.05. The molecule has 3 rings (SSSR count). The fraction of sp³-hybridized carbons (Fsp3) is 0.0625. The fourth-order valence-corrected chi connectivity index (χ4v) is 2.05. The molecule has 0 saturated carbocycles. The molecule has 5 heteroatoms. The molecule has 104 valence electrons. The van der Waals surface area contributed by atoms with Gasteiger partial charge in [0.2, 0.25) is 0 Å². The number of hydrogen-bond donors (Lipinski definition) is 2. The Morgan fingerprint density at radius 2 is 1.95 bits per heavy atom. The Bertz CT molecular complexity index is 748. The van der Waals surface area contributed by atoms with Gasteiger partial charge in [0.1, 0.15) is 0 Å². The van der Waals surface area contributed by atoms with Crippen LogP contribution in [-0.2, 0) is 0 Å². The van der Waals surface area contributed by atoms with E-state index in [1.165, 1.54) is 0 Å². The molecule has 0 fully saturated rings. The molecule has 0 atom stereocenters. The lowest BCUT2D eigenvalue weighted by atomic mass is 10.1. The molecular formula is C16H14N4O. The molecule has 3 aromatic rings. The Labute approximate surface area is 122 Å². The lowest BCUT2D eigenvalue weighted by Crippen LogP contribution is -2.11. The Morgan fingerprint density at radius 1 is 1.14 bits per heavy atom. The van der Waals surface area contributed by atoms with Crippen LogP contribution in [0.5, 0.6) is 0 Å². The number of carbonyl (C=O) groups excluding carboxylic acids is 1. The number of nitrogens with one attached hydrogen (secondary N) is 2. The number of pyridine rings is 1. The Hall–Kier alpha value is -2.95. The number of amides is 1. The topological polar surface area (TPSA) is 70.7 Å². The predicted molar refractivity (Wildman–Crippen MR) is 81.0 cm³/mol. The van der Waals surface area contributed by atoms with Crippen LogP contribution in [0.15, 0.2) is 55.0 Å². The standard InChI is InChI=1S/C16H14N4O/c1-11-8-15(6-7-17-11)20-16(21)13-4-2-12(3-5-13)14-9-18-19-10-14/h2-10H,1H3,(H,18,19)(H,17,20,21). The van der Waals surface area contributed by atoms with Crippen molar-refractivity contribution in [2.75, 3.05) is 5.32 Å². The number of aromatic amines is 1. The highest BCUT2D eigenvalue weighted by Crippen LogP contribution is 2.18. The van der Waals surface area contributed by atoms with Gasteiger partial charge in [-0.15, -0.1) is 0 Å². The lowest BCUT2D eigenvalue weighted by Gasteiger charge is -2.06. The first-order valence-electron chi connectivity index (χ1n) is 6.55. The summed E-state index contributed by atoms with van der Waals surface area (Å²) < 4.78 is 0. The molecule has 0 unspecified atom stereocenters. The molecule has 0 aliphatic carbocycles. The van der Waals surface area contributed by atoms with Gasteiger partial charge in [0.15, 0.2) is 0 Å². The summed E-state index contributed by atoms with van der Waals surface area (Å²) in [5.74, 6) is -0.139. The van der Waals surface area contributed by atoms with Gasteiger partial charge in [0.05, 0.1) is 6.20 Å². The van der Waals surface area contributed by atoms with Crippen molar-refractivity contribution in [3.8, 4) is 11.1 Å². The molecule has 5 nitrogen and oxygen atoms in total. The number of carbonyl (C=O) groups is 1. The number of rotatable bonds is 3. The quantitative estimate of drug-likeness (QED) is 0.773. The molecule has 21 heavy (non-hydrogen) atoms. The van der Waals surface area contributed by atoms with Crippen LogP contribution >= 0.6 is 0 Å². The van der Waals surface area contributed by atoms with Crippen LogP contribution in [0.3, 0.4) is 0 Å². The molecule has 1 amide bonds. The maximum Gasteiger partial charge on any atom is 0.255 e. The Morgan fingerprint density at radius 3 is 2.62 bits per heavy atom. The second kappa shape index (κ2) is 5.58. The second-order valence-corrected chi connectivity index (χ2v) is 4.70. The number of H-pyrrole nitrogens is 1. The number of hydrogen-bond acceptors (Lipinski definition) is 3. The monoisotopic (exact) mass is 278 g/mol. The van der Waals surface area contributed by atoms with Crippen molar-refractivity contribution >= 4 is 11.6 Å². The first-order chi connectivity index (χ1) is 10.2. The molecule has 0 aliphatic rings. The van der Waals surface area contributed by atoms with Crippen molar-refractivity contribution in [3.05, 3.63) is 66.2 Å². The van der Waals surface area contributed by atoms with Gasteiger partial charge in [0.25, 0.3) is 5.91 Å². The molecular weight excluding hydrogens is 264 g/mol. The van der Waals surface area contributed by atoms with Gasteiger partial charge in [0, 0.05) is 34.9 Å². The van der Waals surface area contributed by atoms with E-state index < -0.39 is 0 Å². The van der Waals surface area contributed by atoms with Crippen molar-refractivity contribution in [2.45, 2.75) is 6.92 Å². The zero-order valence-corrected chi connectivity index (χ0v) is 11.5. The number of aromatic nitrogens is 3. The van der Waals surface area contributed by atoms with Gasteiger partial charge < -0.3 is 5.32 Å². The number of nitrogens with zero attached hydrogens (tertiary/aromatic N) is 2. The summed E-state index contributed by atoms with van der Waals surface area (Å²) in [7, 11) is 0. The first-order valence-corrected chi connectivity index (χ1v) is 6.55. The molecule has 0 spiro atoms. The van der Waals surface area contributed by atoms with Crippen molar-refractivity contribution in [3.63, 3.8) is 0 Å². The van der Waals surface area contributed by atoms with Gasteiger partial charge >= 0.3 is 0 Å². The normalized spacial score (nSPS) is 10.3. The molecule has 1 aromatic carbocycles. The van der Waals surface area contributed by atoms with E-state index in [9.17, 15) is 4.79 Å². The maximum absolute atomic E-state index is 12.2. The van der Waals surface area contributed by atoms with Crippen molar-refractivity contribution in [1.29, 1.82) is 0 Å². The van der Waals surface area contributed by atoms with Crippen LogP contribution in [0, 0.1) is 6.92 Å². The molecule has 2 aromatic heterocycles. The summed E-state index contributed by atoms with van der Waals surface area (Å²) in [6.45, 7) is 1.88. The highest BCUT2D eigenvalue weighted by Gasteiger charge is 2.07. The number of benzene rings is 1. The second-order valence-electron chi connectivity index (χ2n) is 4.70.